The fraction of sp³-hybridized carbons (Fsp3) is 0.0597. The van der Waals surface area contributed by atoms with Crippen molar-refractivity contribution >= 4 is 113 Å². The van der Waals surface area contributed by atoms with Crippen molar-refractivity contribution in [3.8, 4) is 35.4 Å². The van der Waals surface area contributed by atoms with Crippen LogP contribution >= 0.6 is 11.8 Å². The van der Waals surface area contributed by atoms with Crippen molar-refractivity contribution in [2.24, 2.45) is 0 Å². The van der Waals surface area contributed by atoms with Crippen molar-refractivity contribution in [1.29, 1.82) is 15.8 Å². The van der Waals surface area contributed by atoms with Crippen LogP contribution in [0.15, 0.2) is 220 Å². The summed E-state index contributed by atoms with van der Waals surface area (Å²) in [5.74, 6) is 1.41. The number of fused-ring (bicyclic) bond motifs is 11. The van der Waals surface area contributed by atoms with E-state index in [-0.39, 0.29) is 12.1 Å². The number of para-hydroxylation sites is 3. The Balaban J connectivity index is 1.05. The normalized spacial score (nSPS) is 12.3. The van der Waals surface area contributed by atoms with Crippen molar-refractivity contribution in [2.75, 3.05) is 9.80 Å². The minimum atomic E-state index is -0.314. The fourth-order valence-electron chi connectivity index (χ4n) is 11.5. The number of furan rings is 1. The Morgan fingerprint density at radius 1 is 0.494 bits per heavy atom. The van der Waals surface area contributed by atoms with E-state index < -0.39 is 0 Å². The van der Waals surface area contributed by atoms with Gasteiger partial charge in [0, 0.05) is 72.0 Å². The van der Waals surface area contributed by atoms with Crippen molar-refractivity contribution < 1.29 is 9.15 Å². The first-order chi connectivity index (χ1) is 37.6. The molecule has 0 amide bonds. The van der Waals surface area contributed by atoms with Gasteiger partial charge in [0.15, 0.2) is 0 Å². The number of nitrogens with zero attached hydrogens (tertiary/aromatic N) is 6. The number of hydrogen-bond donors (Lipinski definition) is 0. The first-order valence-corrected chi connectivity index (χ1v) is 26.3. The topological polar surface area (TPSA) is 105 Å². The number of benzene rings is 10. The smallest absolute Gasteiger partial charge is 0.258 e. The standard InChI is InChI=1S/C67H43BN6O2S/c1-67(2,3)44-23-31-56-53(33-44)52-32-43(40-71)22-30-55(52)74(56)50-34-59-64-62(36-50)77-61-35-49(72(45-12-6-4-7-13-45)47-24-18-41(38-69)19-25-47)28-29-54(61)68(64)65-60(75-59)37-57(63-51-16-10-11-17-58(51)76-66(63)65)73(46-14-8-5-9-15-46)48-26-20-42(39-70)21-27-48/h4-37H,1-3H3. The summed E-state index contributed by atoms with van der Waals surface area (Å²) in [5, 5.41) is 33.8. The summed E-state index contributed by atoms with van der Waals surface area (Å²) < 4.78 is 17.0. The number of anilines is 6. The van der Waals surface area contributed by atoms with E-state index in [0.717, 1.165) is 115 Å². The summed E-state index contributed by atoms with van der Waals surface area (Å²) in [7, 11) is 0. The second-order valence-corrected chi connectivity index (χ2v) is 21.7. The molecule has 4 heterocycles. The third-order valence-corrected chi connectivity index (χ3v) is 16.2. The van der Waals surface area contributed by atoms with Gasteiger partial charge in [0.2, 0.25) is 0 Å². The second-order valence-electron chi connectivity index (χ2n) is 20.6. The van der Waals surface area contributed by atoms with Crippen molar-refractivity contribution in [3.05, 3.63) is 229 Å². The largest absolute Gasteiger partial charge is 0.458 e. The molecule has 2 aromatic heterocycles. The molecular weight excluding hydrogens is 964 g/mol. The maximum absolute atomic E-state index is 10.2. The highest BCUT2D eigenvalue weighted by Gasteiger charge is 2.43. The monoisotopic (exact) mass is 1010 g/mol. The van der Waals surface area contributed by atoms with Crippen molar-refractivity contribution in [2.45, 2.75) is 36.0 Å². The maximum Gasteiger partial charge on any atom is 0.258 e. The summed E-state index contributed by atoms with van der Waals surface area (Å²) in [6, 6.07) is 77.4. The Bertz CT molecular complexity index is 4520. The van der Waals surface area contributed by atoms with Crippen LogP contribution in [0.3, 0.4) is 0 Å². The summed E-state index contributed by atoms with van der Waals surface area (Å²) >= 11 is 1.73. The molecule has 14 rings (SSSR count). The molecular formula is C67H43BN6O2S. The number of nitriles is 3. The Hall–Kier alpha value is -9.92. The molecule has 0 bridgehead atoms. The molecule has 2 aliphatic rings. The zero-order valence-corrected chi connectivity index (χ0v) is 42.9. The van der Waals surface area contributed by atoms with Gasteiger partial charge in [-0.15, -0.1) is 0 Å². The van der Waals surface area contributed by atoms with E-state index in [9.17, 15) is 15.8 Å². The second kappa shape index (κ2) is 17.6. The van der Waals surface area contributed by atoms with Gasteiger partial charge in [-0.2, -0.15) is 15.8 Å². The highest BCUT2D eigenvalue weighted by Crippen LogP contribution is 2.49. The summed E-state index contributed by atoms with van der Waals surface area (Å²) in [6.07, 6.45) is 0. The van der Waals surface area contributed by atoms with E-state index in [2.05, 4.69) is 150 Å². The first kappa shape index (κ1) is 45.7. The number of hydrogen-bond acceptors (Lipinski definition) is 8. The number of rotatable bonds is 7. The Kier molecular flexibility index (Phi) is 10.4. The van der Waals surface area contributed by atoms with Crippen molar-refractivity contribution in [1.82, 2.24) is 4.57 Å². The molecule has 0 atom stereocenters. The highest BCUT2D eigenvalue weighted by atomic mass is 32.2. The van der Waals surface area contributed by atoms with Crippen molar-refractivity contribution in [3.63, 3.8) is 0 Å². The Labute approximate surface area is 449 Å². The van der Waals surface area contributed by atoms with E-state index in [4.69, 9.17) is 9.15 Å². The molecule has 0 aliphatic carbocycles. The van der Waals surface area contributed by atoms with E-state index >= 15 is 0 Å². The molecule has 2 aliphatic heterocycles. The first-order valence-electron chi connectivity index (χ1n) is 25.5. The van der Waals surface area contributed by atoms with Gasteiger partial charge >= 0.3 is 0 Å². The van der Waals surface area contributed by atoms with Gasteiger partial charge in [0.05, 0.1) is 62.7 Å². The molecule has 0 fully saturated rings. The van der Waals surface area contributed by atoms with Crippen LogP contribution in [0.1, 0.15) is 43.0 Å². The molecule has 0 radical (unpaired) electrons. The molecule has 362 valence electrons. The number of ether oxygens (including phenoxy) is 1. The molecule has 0 N–H and O–H groups in total. The zero-order chi connectivity index (χ0) is 52.1. The minimum Gasteiger partial charge on any atom is -0.458 e. The number of aromatic nitrogens is 1. The van der Waals surface area contributed by atoms with E-state index in [1.807, 2.05) is 109 Å². The van der Waals surface area contributed by atoms with Crippen LogP contribution in [-0.4, -0.2) is 11.3 Å². The van der Waals surface area contributed by atoms with Crippen LogP contribution in [0.2, 0.25) is 0 Å². The average molecular weight is 1010 g/mol. The molecule has 0 unspecified atom stereocenters. The molecule has 0 spiro atoms. The molecule has 8 nitrogen and oxygen atoms in total. The van der Waals surface area contributed by atoms with Gasteiger partial charge in [0.25, 0.3) is 6.71 Å². The van der Waals surface area contributed by atoms with Gasteiger partial charge < -0.3 is 23.5 Å². The lowest BCUT2D eigenvalue weighted by Crippen LogP contribution is -2.58. The van der Waals surface area contributed by atoms with Gasteiger partial charge in [0.1, 0.15) is 22.7 Å². The summed E-state index contributed by atoms with van der Waals surface area (Å²) in [6.45, 7) is 6.37. The summed E-state index contributed by atoms with van der Waals surface area (Å²) in [4.78, 5) is 6.60. The zero-order valence-electron chi connectivity index (χ0n) is 42.1. The van der Waals surface area contributed by atoms with Crippen LogP contribution in [0.4, 0.5) is 34.1 Å². The van der Waals surface area contributed by atoms with E-state index in [1.165, 1.54) is 5.56 Å². The van der Waals surface area contributed by atoms with Crippen LogP contribution < -0.4 is 30.9 Å². The average Bonchev–Trinajstić information content (AvgIpc) is 4.26. The molecule has 10 heteroatoms. The Morgan fingerprint density at radius 3 is 1.74 bits per heavy atom. The summed E-state index contributed by atoms with van der Waals surface area (Å²) in [5.41, 5.74) is 16.0. The van der Waals surface area contributed by atoms with Crippen LogP contribution in [0.5, 0.6) is 11.5 Å². The third kappa shape index (κ3) is 7.36. The maximum atomic E-state index is 10.2. The predicted molar refractivity (Wildman–Crippen MR) is 312 cm³/mol. The van der Waals surface area contributed by atoms with Gasteiger partial charge in [-0.1, -0.05) is 105 Å². The van der Waals surface area contributed by atoms with Crippen LogP contribution in [0.25, 0.3) is 49.4 Å². The molecule has 77 heavy (non-hydrogen) atoms. The predicted octanol–water partition coefficient (Wildman–Crippen LogP) is 15.6. The van der Waals surface area contributed by atoms with E-state index in [1.54, 1.807) is 11.8 Å². The fourth-order valence-corrected chi connectivity index (χ4v) is 12.7. The quantitative estimate of drug-likeness (QED) is 0.145. The third-order valence-electron chi connectivity index (χ3n) is 15.1. The van der Waals surface area contributed by atoms with Gasteiger partial charge in [-0.3, -0.25) is 0 Å². The SMILES string of the molecule is CC(C)(C)c1ccc2c(c1)c1cc(C#N)ccc1n2-c1cc2c3c(c1)Sc1cc(N(c4ccccc4)c4ccc(C#N)cc4)ccc1B3c1c(cc(N(c3ccccc3)c3ccc(C#N)cc3)c3c1oc1ccccc13)O2. The Morgan fingerprint density at radius 2 is 1.06 bits per heavy atom. The van der Waals surface area contributed by atoms with Crippen LogP contribution in [0, 0.1) is 34.0 Å². The molecule has 0 saturated carbocycles. The molecule has 10 aromatic carbocycles. The van der Waals surface area contributed by atoms with Crippen LogP contribution in [-0.2, 0) is 5.41 Å². The molecule has 0 saturated heterocycles. The minimum absolute atomic E-state index is 0.0962. The van der Waals surface area contributed by atoms with E-state index in [0.29, 0.717) is 22.4 Å². The highest BCUT2D eigenvalue weighted by molar-refractivity contribution is 8.00. The lowest BCUT2D eigenvalue weighted by Gasteiger charge is -2.35. The lowest BCUT2D eigenvalue weighted by molar-refractivity contribution is 0.486. The molecule has 12 aromatic rings. The van der Waals surface area contributed by atoms with Gasteiger partial charge in [-0.05, 0) is 144 Å². The lowest BCUT2D eigenvalue weighted by atomic mass is 9.35. The van der Waals surface area contributed by atoms with Gasteiger partial charge in [-0.25, -0.2) is 0 Å².